The van der Waals surface area contributed by atoms with Crippen LogP contribution in [0.5, 0.6) is 0 Å². The lowest BCUT2D eigenvalue weighted by molar-refractivity contribution is -0.0482. The van der Waals surface area contributed by atoms with Crippen molar-refractivity contribution >= 4 is 23.4 Å². The van der Waals surface area contributed by atoms with Gasteiger partial charge in [-0.1, -0.05) is 18.0 Å². The number of ether oxygens (including phenoxy) is 2. The molecule has 5 nitrogen and oxygen atoms in total. The minimum Gasteiger partial charge on any atom is -0.444 e. The van der Waals surface area contributed by atoms with Crippen LogP contribution in [0.15, 0.2) is 18.2 Å². The van der Waals surface area contributed by atoms with E-state index in [0.717, 1.165) is 45.1 Å². The maximum atomic E-state index is 13.7. The van der Waals surface area contributed by atoms with Crippen molar-refractivity contribution in [1.29, 1.82) is 0 Å². The molecular weight excluding hydrogens is 395 g/mol. The molecule has 1 amide bonds. The fourth-order valence-corrected chi connectivity index (χ4v) is 4.33. The van der Waals surface area contributed by atoms with Gasteiger partial charge in [0, 0.05) is 29.7 Å². The third kappa shape index (κ3) is 6.75. The number of hydrogen-bond donors (Lipinski definition) is 1. The molecule has 2 unspecified atom stereocenters. The number of halogens is 2. The molecule has 0 radical (unpaired) electrons. The van der Waals surface area contributed by atoms with Crippen molar-refractivity contribution < 1.29 is 18.7 Å². The molecule has 7 heteroatoms. The van der Waals surface area contributed by atoms with Crippen LogP contribution in [0.3, 0.4) is 0 Å². The van der Waals surface area contributed by atoms with Gasteiger partial charge in [0.2, 0.25) is 0 Å². The normalized spacial score (nSPS) is 26.0. The van der Waals surface area contributed by atoms with Gasteiger partial charge in [0.05, 0.1) is 6.10 Å². The molecule has 29 heavy (non-hydrogen) atoms. The Hall–Kier alpha value is -1.53. The molecule has 2 fully saturated rings. The second-order valence-corrected chi connectivity index (χ2v) is 9.52. The topological polar surface area (TPSA) is 50.8 Å². The van der Waals surface area contributed by atoms with E-state index in [4.69, 9.17) is 21.1 Å². The highest BCUT2D eigenvalue weighted by molar-refractivity contribution is 6.30. The van der Waals surface area contributed by atoms with Crippen molar-refractivity contribution in [2.24, 2.45) is 5.92 Å². The van der Waals surface area contributed by atoms with Crippen molar-refractivity contribution in [3.05, 3.63) is 29.0 Å². The van der Waals surface area contributed by atoms with Gasteiger partial charge in [-0.15, -0.1) is 0 Å². The highest BCUT2D eigenvalue weighted by Gasteiger charge is 2.34. The first-order valence-corrected chi connectivity index (χ1v) is 10.9. The van der Waals surface area contributed by atoms with Gasteiger partial charge in [0.15, 0.2) is 0 Å². The maximum Gasteiger partial charge on any atom is 0.410 e. The summed E-state index contributed by atoms with van der Waals surface area (Å²) in [4.78, 5) is 14.3. The smallest absolute Gasteiger partial charge is 0.410 e. The number of benzene rings is 1. The third-order valence-electron chi connectivity index (χ3n) is 5.37. The molecule has 0 spiro atoms. The van der Waals surface area contributed by atoms with Gasteiger partial charge in [0.1, 0.15) is 17.6 Å². The SMILES string of the molecule is CC(C)(C)OC(=O)N1CCCC([C@H]2CCCCC(Nc3cc(F)cc(Cl)c3)O2)C1. The molecule has 3 rings (SSSR count). The Bertz CT molecular complexity index is 690. The number of hydrogen-bond acceptors (Lipinski definition) is 4. The second-order valence-electron chi connectivity index (χ2n) is 9.08. The summed E-state index contributed by atoms with van der Waals surface area (Å²) in [6, 6.07) is 4.43. The summed E-state index contributed by atoms with van der Waals surface area (Å²) >= 11 is 5.97. The van der Waals surface area contributed by atoms with E-state index >= 15 is 0 Å². The Balaban J connectivity index is 1.62. The number of likely N-dealkylation sites (tertiary alicyclic amines) is 1. The molecule has 0 aromatic heterocycles. The van der Waals surface area contributed by atoms with Gasteiger partial charge >= 0.3 is 6.09 Å². The molecule has 162 valence electrons. The molecular formula is C22H32ClFN2O3. The Morgan fingerprint density at radius 2 is 1.97 bits per heavy atom. The molecule has 3 atom stereocenters. The summed E-state index contributed by atoms with van der Waals surface area (Å²) in [6.07, 6.45) is 5.53. The number of carbonyl (C=O) groups is 1. The number of rotatable bonds is 3. The van der Waals surface area contributed by atoms with Gasteiger partial charge in [-0.25, -0.2) is 9.18 Å². The molecule has 1 aromatic rings. The first-order valence-electron chi connectivity index (χ1n) is 10.6. The Labute approximate surface area is 177 Å². The van der Waals surface area contributed by atoms with E-state index in [1.807, 2.05) is 25.7 Å². The Morgan fingerprint density at radius 1 is 1.21 bits per heavy atom. The van der Waals surface area contributed by atoms with E-state index in [-0.39, 0.29) is 30.2 Å². The van der Waals surface area contributed by atoms with Crippen LogP contribution in [-0.2, 0) is 9.47 Å². The number of nitrogens with one attached hydrogen (secondary N) is 1. The zero-order chi connectivity index (χ0) is 21.0. The van der Waals surface area contributed by atoms with Crippen molar-refractivity contribution in [3.8, 4) is 0 Å². The fourth-order valence-electron chi connectivity index (χ4n) is 4.10. The average molecular weight is 427 g/mol. The zero-order valence-electron chi connectivity index (χ0n) is 17.5. The number of nitrogens with zero attached hydrogens (tertiary/aromatic N) is 1. The van der Waals surface area contributed by atoms with Crippen LogP contribution >= 0.6 is 11.6 Å². The molecule has 2 heterocycles. The minimum atomic E-state index is -0.496. The van der Waals surface area contributed by atoms with Crippen LogP contribution in [0.2, 0.25) is 5.02 Å². The zero-order valence-corrected chi connectivity index (χ0v) is 18.3. The minimum absolute atomic E-state index is 0.0595. The number of piperidine rings is 1. The highest BCUT2D eigenvalue weighted by atomic mass is 35.5. The van der Waals surface area contributed by atoms with E-state index in [1.54, 1.807) is 6.07 Å². The molecule has 0 bridgehead atoms. The first-order chi connectivity index (χ1) is 13.7. The fraction of sp³-hybridized carbons (Fsp3) is 0.682. The van der Waals surface area contributed by atoms with Crippen LogP contribution in [0, 0.1) is 11.7 Å². The number of anilines is 1. The van der Waals surface area contributed by atoms with Crippen molar-refractivity contribution in [1.82, 2.24) is 4.90 Å². The standard InChI is InChI=1S/C22H32ClFN2O3/c1-22(2,3)29-21(27)26-10-6-7-15(14-26)19-8-4-5-9-20(28-19)25-18-12-16(23)11-17(24)13-18/h11-13,15,19-20,25H,4-10,14H2,1-3H3/t15?,19-,20?/m1/s1. The van der Waals surface area contributed by atoms with E-state index in [2.05, 4.69) is 5.32 Å². The van der Waals surface area contributed by atoms with Gasteiger partial charge in [0.25, 0.3) is 0 Å². The molecule has 2 aliphatic heterocycles. The van der Waals surface area contributed by atoms with E-state index < -0.39 is 5.60 Å². The van der Waals surface area contributed by atoms with Crippen LogP contribution in [0.25, 0.3) is 0 Å². The van der Waals surface area contributed by atoms with Crippen molar-refractivity contribution in [3.63, 3.8) is 0 Å². The second kappa shape index (κ2) is 9.52. The summed E-state index contributed by atoms with van der Waals surface area (Å²) in [5, 5.41) is 3.64. The van der Waals surface area contributed by atoms with Gasteiger partial charge in [-0.3, -0.25) is 0 Å². The summed E-state index contributed by atoms with van der Waals surface area (Å²) in [5.74, 6) is -0.0970. The van der Waals surface area contributed by atoms with Crippen molar-refractivity contribution in [2.75, 3.05) is 18.4 Å². The average Bonchev–Trinajstić information content (AvgIpc) is 2.85. The Kier molecular flexibility index (Phi) is 7.28. The highest BCUT2D eigenvalue weighted by Crippen LogP contribution is 2.31. The molecule has 1 N–H and O–H groups in total. The Morgan fingerprint density at radius 3 is 2.69 bits per heavy atom. The first kappa shape index (κ1) is 22.2. The predicted molar refractivity (Wildman–Crippen MR) is 113 cm³/mol. The maximum absolute atomic E-state index is 13.7. The van der Waals surface area contributed by atoms with E-state index in [9.17, 15) is 9.18 Å². The molecule has 0 aliphatic carbocycles. The summed E-state index contributed by atoms with van der Waals surface area (Å²) in [5.41, 5.74) is 0.129. The lowest BCUT2D eigenvalue weighted by Gasteiger charge is -2.38. The molecule has 2 saturated heterocycles. The number of amides is 1. The van der Waals surface area contributed by atoms with Crippen molar-refractivity contribution in [2.45, 2.75) is 77.2 Å². The molecule has 1 aromatic carbocycles. The largest absolute Gasteiger partial charge is 0.444 e. The predicted octanol–water partition coefficient (Wildman–Crippen LogP) is 5.82. The van der Waals surface area contributed by atoms with Crippen LogP contribution in [0.4, 0.5) is 14.9 Å². The van der Waals surface area contributed by atoms with Gasteiger partial charge in [-0.05, 0) is 71.1 Å². The molecule has 0 saturated carbocycles. The lowest BCUT2D eigenvalue weighted by Crippen LogP contribution is -2.46. The van der Waals surface area contributed by atoms with Gasteiger partial charge < -0.3 is 19.7 Å². The summed E-state index contributed by atoms with van der Waals surface area (Å²) in [7, 11) is 0. The summed E-state index contributed by atoms with van der Waals surface area (Å²) < 4.78 is 25.6. The van der Waals surface area contributed by atoms with E-state index in [1.165, 1.54) is 12.1 Å². The lowest BCUT2D eigenvalue weighted by atomic mass is 9.90. The molecule has 2 aliphatic rings. The third-order valence-corrected chi connectivity index (χ3v) is 5.59. The van der Waals surface area contributed by atoms with Crippen LogP contribution < -0.4 is 5.32 Å². The van der Waals surface area contributed by atoms with E-state index in [0.29, 0.717) is 17.3 Å². The van der Waals surface area contributed by atoms with Crippen LogP contribution in [0.1, 0.15) is 59.3 Å². The monoisotopic (exact) mass is 426 g/mol. The van der Waals surface area contributed by atoms with Gasteiger partial charge in [-0.2, -0.15) is 0 Å². The quantitative estimate of drug-likeness (QED) is 0.661. The summed E-state index contributed by atoms with van der Waals surface area (Å²) in [6.45, 7) is 7.03. The number of carbonyl (C=O) groups excluding carboxylic acids is 1. The van der Waals surface area contributed by atoms with Crippen LogP contribution in [-0.4, -0.2) is 42.0 Å².